The number of carbonyl (C=O) groups is 1. The summed E-state index contributed by atoms with van der Waals surface area (Å²) >= 11 is 0. The smallest absolute Gasteiger partial charge is 0.412 e. The first-order valence-electron chi connectivity index (χ1n) is 8.91. The third kappa shape index (κ3) is 8.60. The second kappa shape index (κ2) is 12.0. The number of phenolic OH excluding ortho intramolecular Hbond substituents is 1. The van der Waals surface area contributed by atoms with Crippen LogP contribution in [0, 0.1) is 5.92 Å². The molecule has 5 heteroatoms. The van der Waals surface area contributed by atoms with Crippen LogP contribution in [0.4, 0.5) is 4.79 Å². The lowest BCUT2D eigenvalue weighted by Gasteiger charge is -2.26. The fourth-order valence-electron chi connectivity index (χ4n) is 2.14. The Kier molecular flexibility index (Phi) is 10.8. The Morgan fingerprint density at radius 3 is 1.67 bits per heavy atom. The molecule has 3 N–H and O–H groups in total. The average Bonchev–Trinajstić information content (AvgIpc) is 2.63. The number of hydrogen-bond acceptors (Lipinski definition) is 4. The largest absolute Gasteiger partial charge is 0.508 e. The summed E-state index contributed by atoms with van der Waals surface area (Å²) in [6.45, 7) is 10.7. The maximum atomic E-state index is 11.2. The lowest BCUT2D eigenvalue weighted by molar-refractivity contribution is 0.203. The molecule has 0 atom stereocenters. The number of aliphatic hydroxyl groups excluding tert-OH is 1. The Hall–Kier alpha value is -2.53. The van der Waals surface area contributed by atoms with Crippen LogP contribution in [0.5, 0.6) is 11.5 Å². The Labute approximate surface area is 163 Å². The number of rotatable bonds is 3. The first-order chi connectivity index (χ1) is 12.7. The molecule has 0 saturated heterocycles. The van der Waals surface area contributed by atoms with E-state index in [1.54, 1.807) is 24.3 Å². The number of ether oxygens (including phenoxy) is 1. The van der Waals surface area contributed by atoms with Crippen LogP contribution < -0.4 is 10.1 Å². The van der Waals surface area contributed by atoms with Gasteiger partial charge in [-0.3, -0.25) is 0 Å². The highest BCUT2D eigenvalue weighted by atomic mass is 16.5. The van der Waals surface area contributed by atoms with Crippen LogP contribution in [0.3, 0.4) is 0 Å². The number of hydrogen-bond donors (Lipinski definition) is 3. The van der Waals surface area contributed by atoms with E-state index in [1.807, 2.05) is 24.3 Å². The average molecular weight is 376 g/mol. The molecule has 5 nitrogen and oxygen atoms in total. The normalized spacial score (nSPS) is 10.1. The maximum Gasteiger partial charge on any atom is 0.412 e. The van der Waals surface area contributed by atoms with Crippen molar-refractivity contribution in [2.24, 2.45) is 5.92 Å². The van der Waals surface area contributed by atoms with Crippen LogP contribution >= 0.6 is 0 Å². The Morgan fingerprint density at radius 2 is 1.30 bits per heavy atom. The van der Waals surface area contributed by atoms with Crippen LogP contribution in [0.2, 0.25) is 0 Å². The Morgan fingerprint density at radius 1 is 0.926 bits per heavy atom. The van der Waals surface area contributed by atoms with Crippen molar-refractivity contribution >= 4 is 6.09 Å². The molecular weight excluding hydrogens is 342 g/mol. The molecule has 0 unspecified atom stereocenters. The van der Waals surface area contributed by atoms with Gasteiger partial charge in [-0.05, 0) is 41.3 Å². The van der Waals surface area contributed by atoms with Crippen LogP contribution in [0.15, 0.2) is 48.5 Å². The topological polar surface area (TPSA) is 78.8 Å². The van der Waals surface area contributed by atoms with Gasteiger partial charge in [0.1, 0.15) is 11.5 Å². The number of nitrogens with one attached hydrogen (secondary N) is 1. The summed E-state index contributed by atoms with van der Waals surface area (Å²) < 4.78 is 5.07. The van der Waals surface area contributed by atoms with Gasteiger partial charge in [0.05, 0.1) is 0 Å². The number of phenols is 1. The molecule has 0 radical (unpaired) electrons. The first-order valence-corrected chi connectivity index (χ1v) is 8.91. The third-order valence-electron chi connectivity index (χ3n) is 3.58. The minimum Gasteiger partial charge on any atom is -0.508 e. The number of aliphatic hydroxyl groups is 1. The van der Waals surface area contributed by atoms with Crippen molar-refractivity contribution in [2.75, 3.05) is 14.2 Å². The van der Waals surface area contributed by atoms with Crippen LogP contribution in [0.1, 0.15) is 45.7 Å². The predicted octanol–water partition coefficient (Wildman–Crippen LogP) is 4.71. The Bertz CT molecular complexity index is 659. The standard InChI is InChI=1S/C17H19NO3.C4H10.CH4O/c1-17(2,12-4-8-14(19)9-5-12)13-6-10-15(11-7-13)21-16(20)18-3;1-4(2)3;1-2/h4-11,19H,1-3H3,(H,18,20);4H,1-3H3;2H,1H3. The zero-order chi connectivity index (χ0) is 21.0. The number of aromatic hydroxyl groups is 1. The first kappa shape index (κ1) is 24.5. The summed E-state index contributed by atoms with van der Waals surface area (Å²) in [5.74, 6) is 1.59. The van der Waals surface area contributed by atoms with Gasteiger partial charge in [0.15, 0.2) is 0 Å². The summed E-state index contributed by atoms with van der Waals surface area (Å²) in [6.07, 6.45) is -0.486. The zero-order valence-corrected chi connectivity index (χ0v) is 17.4. The second-order valence-electron chi connectivity index (χ2n) is 7.07. The molecule has 0 aliphatic carbocycles. The van der Waals surface area contributed by atoms with Crippen molar-refractivity contribution in [1.82, 2.24) is 5.32 Å². The van der Waals surface area contributed by atoms with E-state index >= 15 is 0 Å². The van der Waals surface area contributed by atoms with Crippen LogP contribution in [-0.4, -0.2) is 30.5 Å². The molecule has 0 bridgehead atoms. The summed E-state index contributed by atoms with van der Waals surface area (Å²) in [6, 6.07) is 14.6. The van der Waals surface area contributed by atoms with E-state index < -0.39 is 6.09 Å². The van der Waals surface area contributed by atoms with Crippen molar-refractivity contribution in [3.8, 4) is 11.5 Å². The van der Waals surface area contributed by atoms with Gasteiger partial charge >= 0.3 is 6.09 Å². The number of amides is 1. The molecule has 0 heterocycles. The number of carbonyl (C=O) groups excluding carboxylic acids is 1. The third-order valence-corrected chi connectivity index (χ3v) is 3.58. The van der Waals surface area contributed by atoms with Crippen molar-refractivity contribution in [3.63, 3.8) is 0 Å². The highest BCUT2D eigenvalue weighted by Gasteiger charge is 2.23. The minimum absolute atomic E-state index is 0.209. The van der Waals surface area contributed by atoms with Gasteiger partial charge in [0.25, 0.3) is 0 Å². The van der Waals surface area contributed by atoms with Gasteiger partial charge in [-0.1, -0.05) is 58.9 Å². The molecule has 1 amide bonds. The van der Waals surface area contributed by atoms with Crippen molar-refractivity contribution < 1.29 is 19.7 Å². The molecule has 2 aromatic carbocycles. The van der Waals surface area contributed by atoms with Gasteiger partial charge in [-0.15, -0.1) is 0 Å². The molecule has 150 valence electrons. The summed E-state index contributed by atoms with van der Waals surface area (Å²) in [4.78, 5) is 11.2. The van der Waals surface area contributed by atoms with E-state index in [0.29, 0.717) is 5.75 Å². The zero-order valence-electron chi connectivity index (χ0n) is 17.4. The lowest BCUT2D eigenvalue weighted by atomic mass is 9.78. The van der Waals surface area contributed by atoms with Gasteiger partial charge in [0.2, 0.25) is 0 Å². The molecule has 0 aliphatic rings. The predicted molar refractivity (Wildman–Crippen MR) is 110 cm³/mol. The maximum absolute atomic E-state index is 11.2. The van der Waals surface area contributed by atoms with E-state index in [-0.39, 0.29) is 11.2 Å². The molecule has 27 heavy (non-hydrogen) atoms. The molecule has 0 saturated carbocycles. The van der Waals surface area contributed by atoms with Crippen molar-refractivity contribution in [2.45, 2.75) is 40.0 Å². The molecule has 0 aliphatic heterocycles. The highest BCUT2D eigenvalue weighted by Crippen LogP contribution is 2.33. The fraction of sp³-hybridized carbons (Fsp3) is 0.409. The van der Waals surface area contributed by atoms with Crippen molar-refractivity contribution in [3.05, 3.63) is 59.7 Å². The molecule has 0 aromatic heterocycles. The van der Waals surface area contributed by atoms with Crippen molar-refractivity contribution in [1.29, 1.82) is 0 Å². The van der Waals surface area contributed by atoms with Gasteiger partial charge in [0, 0.05) is 19.6 Å². The molecule has 2 rings (SSSR count). The van der Waals surface area contributed by atoms with Crippen LogP contribution in [-0.2, 0) is 5.41 Å². The van der Waals surface area contributed by atoms with E-state index in [9.17, 15) is 9.90 Å². The van der Waals surface area contributed by atoms with E-state index in [1.165, 1.54) is 7.05 Å². The Balaban J connectivity index is 0.000000998. The molecule has 0 fully saturated rings. The SMILES string of the molecule is CC(C)C.CNC(=O)Oc1ccc(C(C)(C)c2ccc(O)cc2)cc1.CO. The van der Waals surface area contributed by atoms with Gasteiger partial charge in [-0.2, -0.15) is 0 Å². The second-order valence-corrected chi connectivity index (χ2v) is 7.07. The van der Waals surface area contributed by atoms with Gasteiger partial charge in [-0.25, -0.2) is 4.79 Å². The highest BCUT2D eigenvalue weighted by molar-refractivity contribution is 5.69. The summed E-state index contributed by atoms with van der Waals surface area (Å²) in [5, 5.41) is 18.8. The molecule has 2 aromatic rings. The lowest BCUT2D eigenvalue weighted by Crippen LogP contribution is -2.22. The van der Waals surface area contributed by atoms with Gasteiger partial charge < -0.3 is 20.3 Å². The summed E-state index contributed by atoms with van der Waals surface area (Å²) in [5.41, 5.74) is 1.98. The van der Waals surface area contributed by atoms with E-state index in [2.05, 4.69) is 39.9 Å². The van der Waals surface area contributed by atoms with E-state index in [0.717, 1.165) is 24.2 Å². The van der Waals surface area contributed by atoms with E-state index in [4.69, 9.17) is 9.84 Å². The summed E-state index contributed by atoms with van der Waals surface area (Å²) in [7, 11) is 2.52. The monoisotopic (exact) mass is 375 g/mol. The quantitative estimate of drug-likeness (QED) is 0.726. The molecule has 0 spiro atoms. The minimum atomic E-state index is -0.486. The number of benzene rings is 2. The molecular formula is C22H33NO4. The van der Waals surface area contributed by atoms with Crippen LogP contribution in [0.25, 0.3) is 0 Å². The fourth-order valence-corrected chi connectivity index (χ4v) is 2.14.